The topological polar surface area (TPSA) is 80.6 Å². The van der Waals surface area contributed by atoms with E-state index in [0.29, 0.717) is 11.3 Å². The molecule has 1 atom stereocenters. The first-order valence-corrected chi connectivity index (χ1v) is 9.63. The van der Waals surface area contributed by atoms with Crippen molar-refractivity contribution in [2.45, 2.75) is 19.9 Å². The normalized spacial score (nSPS) is 12.1. The molecule has 1 aromatic heterocycles. The van der Waals surface area contributed by atoms with Crippen molar-refractivity contribution in [2.24, 2.45) is 0 Å². The number of aryl methyl sites for hydroxylation is 1. The van der Waals surface area contributed by atoms with Gasteiger partial charge >= 0.3 is 0 Å². The third kappa shape index (κ3) is 6.10. The molecule has 1 unspecified atom stereocenters. The highest BCUT2D eigenvalue weighted by atomic mass is 16.5. The minimum atomic E-state index is -0.434. The van der Waals surface area contributed by atoms with Crippen LogP contribution in [-0.4, -0.2) is 24.5 Å². The summed E-state index contributed by atoms with van der Waals surface area (Å²) in [5, 5.41) is 5.52. The Morgan fingerprint density at radius 3 is 2.43 bits per heavy atom. The highest BCUT2D eigenvalue weighted by molar-refractivity contribution is 6.05. The lowest BCUT2D eigenvalue weighted by molar-refractivity contribution is -0.118. The van der Waals surface area contributed by atoms with Crippen molar-refractivity contribution in [3.63, 3.8) is 0 Å². The Kier molecular flexibility index (Phi) is 7.05. The molecule has 3 rings (SSSR count). The molecule has 154 valence electrons. The van der Waals surface area contributed by atoms with E-state index in [0.717, 1.165) is 11.3 Å². The van der Waals surface area contributed by atoms with Gasteiger partial charge in [0.25, 0.3) is 11.8 Å². The van der Waals surface area contributed by atoms with E-state index >= 15 is 0 Å². The molecular formula is C24H24N2O4. The van der Waals surface area contributed by atoms with Gasteiger partial charge in [-0.1, -0.05) is 35.9 Å². The molecule has 0 spiro atoms. The van der Waals surface area contributed by atoms with Crippen molar-refractivity contribution in [3.8, 4) is 5.75 Å². The first-order valence-electron chi connectivity index (χ1n) is 9.63. The average molecular weight is 404 g/mol. The molecular weight excluding hydrogens is 380 g/mol. The zero-order valence-corrected chi connectivity index (χ0v) is 16.9. The average Bonchev–Trinajstić information content (AvgIpc) is 3.26. The van der Waals surface area contributed by atoms with Gasteiger partial charge in [-0.25, -0.2) is 0 Å². The van der Waals surface area contributed by atoms with Crippen molar-refractivity contribution in [3.05, 3.63) is 95.6 Å². The zero-order valence-electron chi connectivity index (χ0n) is 16.9. The van der Waals surface area contributed by atoms with Gasteiger partial charge in [-0.15, -0.1) is 0 Å². The maximum Gasteiger partial charge on any atom is 0.268 e. The summed E-state index contributed by atoms with van der Waals surface area (Å²) in [6, 6.07) is 19.6. The fourth-order valence-corrected chi connectivity index (χ4v) is 2.65. The SMILES string of the molecule is Cc1ccc(C(=O)N/C(=C\c2ccco2)C(=O)NC(C)COc2ccccc2)cc1. The minimum Gasteiger partial charge on any atom is -0.491 e. The van der Waals surface area contributed by atoms with Crippen LogP contribution in [0.3, 0.4) is 0 Å². The van der Waals surface area contributed by atoms with Crippen LogP contribution in [0, 0.1) is 6.92 Å². The first kappa shape index (κ1) is 20.9. The molecule has 1 heterocycles. The van der Waals surface area contributed by atoms with Gasteiger partial charge in [0, 0.05) is 11.6 Å². The zero-order chi connectivity index (χ0) is 21.3. The Morgan fingerprint density at radius 2 is 1.77 bits per heavy atom. The Morgan fingerprint density at radius 1 is 1.03 bits per heavy atom. The monoisotopic (exact) mass is 404 g/mol. The van der Waals surface area contributed by atoms with Crippen molar-refractivity contribution >= 4 is 17.9 Å². The number of carbonyl (C=O) groups excluding carboxylic acids is 2. The summed E-state index contributed by atoms with van der Waals surface area (Å²) in [7, 11) is 0. The third-order valence-electron chi connectivity index (χ3n) is 4.26. The van der Waals surface area contributed by atoms with Crippen molar-refractivity contribution in [1.29, 1.82) is 0 Å². The van der Waals surface area contributed by atoms with E-state index in [4.69, 9.17) is 9.15 Å². The molecule has 0 radical (unpaired) electrons. The molecule has 0 saturated carbocycles. The molecule has 0 aliphatic carbocycles. The number of para-hydroxylation sites is 1. The van der Waals surface area contributed by atoms with Crippen LogP contribution in [0.15, 0.2) is 83.1 Å². The number of rotatable bonds is 8. The second kappa shape index (κ2) is 10.1. The summed E-state index contributed by atoms with van der Waals surface area (Å²) in [6.45, 7) is 4.05. The van der Waals surface area contributed by atoms with Crippen molar-refractivity contribution < 1.29 is 18.7 Å². The largest absolute Gasteiger partial charge is 0.491 e. The number of amides is 2. The minimum absolute atomic E-state index is 0.0853. The Hall–Kier alpha value is -3.80. The fraction of sp³-hybridized carbons (Fsp3) is 0.167. The third-order valence-corrected chi connectivity index (χ3v) is 4.26. The fourth-order valence-electron chi connectivity index (χ4n) is 2.65. The lowest BCUT2D eigenvalue weighted by Gasteiger charge is -2.17. The van der Waals surface area contributed by atoms with E-state index in [1.807, 2.05) is 56.3 Å². The van der Waals surface area contributed by atoms with Gasteiger partial charge < -0.3 is 19.8 Å². The molecule has 2 aromatic carbocycles. The molecule has 0 aliphatic heterocycles. The summed E-state index contributed by atoms with van der Waals surface area (Å²) < 4.78 is 11.0. The highest BCUT2D eigenvalue weighted by Crippen LogP contribution is 2.10. The van der Waals surface area contributed by atoms with Gasteiger partial charge in [0.15, 0.2) is 0 Å². The van der Waals surface area contributed by atoms with Crippen LogP contribution in [0.4, 0.5) is 0 Å². The van der Waals surface area contributed by atoms with E-state index in [9.17, 15) is 9.59 Å². The van der Waals surface area contributed by atoms with E-state index in [-0.39, 0.29) is 24.3 Å². The lowest BCUT2D eigenvalue weighted by Crippen LogP contribution is -2.41. The van der Waals surface area contributed by atoms with E-state index in [1.54, 1.807) is 24.3 Å². The van der Waals surface area contributed by atoms with Gasteiger partial charge in [0.2, 0.25) is 0 Å². The molecule has 0 bridgehead atoms. The van der Waals surface area contributed by atoms with Crippen LogP contribution in [-0.2, 0) is 4.79 Å². The lowest BCUT2D eigenvalue weighted by atomic mass is 10.1. The maximum atomic E-state index is 12.8. The van der Waals surface area contributed by atoms with Crippen LogP contribution in [0.1, 0.15) is 28.6 Å². The molecule has 3 aromatic rings. The van der Waals surface area contributed by atoms with Crippen LogP contribution in [0.25, 0.3) is 6.08 Å². The van der Waals surface area contributed by atoms with Gasteiger partial charge in [0.1, 0.15) is 23.8 Å². The molecule has 0 aliphatic rings. The number of furan rings is 1. The Bertz CT molecular complexity index is 993. The molecule has 30 heavy (non-hydrogen) atoms. The second-order valence-electron chi connectivity index (χ2n) is 6.89. The predicted octanol–water partition coefficient (Wildman–Crippen LogP) is 3.94. The number of ether oxygens (including phenoxy) is 1. The molecule has 6 nitrogen and oxygen atoms in total. The quantitative estimate of drug-likeness (QED) is 0.557. The van der Waals surface area contributed by atoms with Crippen LogP contribution in [0.5, 0.6) is 5.75 Å². The summed E-state index contributed by atoms with van der Waals surface area (Å²) in [5.74, 6) is 0.363. The van der Waals surface area contributed by atoms with E-state index in [2.05, 4.69) is 10.6 Å². The van der Waals surface area contributed by atoms with Gasteiger partial charge in [-0.05, 0) is 50.2 Å². The predicted molar refractivity (Wildman–Crippen MR) is 115 cm³/mol. The summed E-state index contributed by atoms with van der Waals surface area (Å²) >= 11 is 0. The standard InChI is InChI=1S/C24H24N2O4/c1-17-10-12-19(13-11-17)23(27)26-22(15-21-9-6-14-29-21)24(28)25-18(2)16-30-20-7-4-3-5-8-20/h3-15,18H,16H2,1-2H3,(H,25,28)(H,26,27)/b22-15-. The van der Waals surface area contributed by atoms with Crippen LogP contribution >= 0.6 is 0 Å². The molecule has 6 heteroatoms. The van der Waals surface area contributed by atoms with E-state index < -0.39 is 5.91 Å². The first-order chi connectivity index (χ1) is 14.5. The molecule has 0 fully saturated rings. The number of nitrogens with one attached hydrogen (secondary N) is 2. The van der Waals surface area contributed by atoms with E-state index in [1.165, 1.54) is 12.3 Å². The Labute approximate surface area is 175 Å². The van der Waals surface area contributed by atoms with Gasteiger partial charge in [-0.2, -0.15) is 0 Å². The molecule has 2 amide bonds. The van der Waals surface area contributed by atoms with Crippen LogP contribution in [0.2, 0.25) is 0 Å². The summed E-state index contributed by atoms with van der Waals surface area (Å²) in [5.41, 5.74) is 1.59. The summed E-state index contributed by atoms with van der Waals surface area (Å²) in [6.07, 6.45) is 2.99. The number of carbonyl (C=O) groups is 2. The van der Waals surface area contributed by atoms with Crippen molar-refractivity contribution in [1.82, 2.24) is 10.6 Å². The number of hydrogen-bond acceptors (Lipinski definition) is 4. The smallest absolute Gasteiger partial charge is 0.268 e. The summed E-state index contributed by atoms with van der Waals surface area (Å²) in [4.78, 5) is 25.4. The maximum absolute atomic E-state index is 12.8. The van der Waals surface area contributed by atoms with Crippen LogP contribution < -0.4 is 15.4 Å². The second-order valence-corrected chi connectivity index (χ2v) is 6.89. The number of benzene rings is 2. The van der Waals surface area contributed by atoms with Gasteiger partial charge in [-0.3, -0.25) is 9.59 Å². The van der Waals surface area contributed by atoms with Gasteiger partial charge in [0.05, 0.1) is 12.3 Å². The van der Waals surface area contributed by atoms with Crippen molar-refractivity contribution in [2.75, 3.05) is 6.61 Å². The Balaban J connectivity index is 1.67. The number of hydrogen-bond donors (Lipinski definition) is 2. The highest BCUT2D eigenvalue weighted by Gasteiger charge is 2.17. The molecule has 2 N–H and O–H groups in total. The molecule has 0 saturated heterocycles.